The van der Waals surface area contributed by atoms with Crippen LogP contribution in [-0.4, -0.2) is 21.5 Å². The summed E-state index contributed by atoms with van der Waals surface area (Å²) in [6.45, 7) is -1.19. The summed E-state index contributed by atoms with van der Waals surface area (Å²) in [6.07, 6.45) is -0.869. The molecule has 0 spiro atoms. The highest BCUT2D eigenvalue weighted by molar-refractivity contribution is 6.31. The van der Waals surface area contributed by atoms with Gasteiger partial charge in [-0.05, 0) is 13.0 Å². The molecule has 1 N–H and O–H groups in total. The Balaban J connectivity index is 2.26. The number of aliphatic hydroxyl groups is 1. The molecule has 0 saturated heterocycles. The van der Waals surface area contributed by atoms with Crippen LogP contribution in [0.1, 0.15) is 23.1 Å². The van der Waals surface area contributed by atoms with E-state index in [2.05, 4.69) is 9.84 Å². The first kappa shape index (κ1) is 15.7. The van der Waals surface area contributed by atoms with Crippen LogP contribution >= 0.6 is 11.6 Å². The average molecular weight is 317 g/mol. The first-order valence-electron chi connectivity index (χ1n) is 6.30. The fraction of sp³-hybridized carbons (Fsp3) is 0.357. The Morgan fingerprint density at radius 2 is 2.05 bits per heavy atom. The van der Waals surface area contributed by atoms with Crippen molar-refractivity contribution in [2.75, 3.05) is 0 Å². The first-order valence-corrected chi connectivity index (χ1v) is 6.67. The van der Waals surface area contributed by atoms with Crippen molar-refractivity contribution in [2.24, 2.45) is 7.05 Å². The molecule has 1 aromatic heterocycles. The maximum Gasteiger partial charge on any atom is 0.387 e. The van der Waals surface area contributed by atoms with Crippen LogP contribution in [0.15, 0.2) is 24.3 Å². The molecule has 0 radical (unpaired) electrons. The lowest BCUT2D eigenvalue weighted by molar-refractivity contribution is -0.0515. The minimum absolute atomic E-state index is 0.0463. The molecule has 1 aromatic carbocycles. The minimum atomic E-state index is -2.94. The number of hydrogen-bond acceptors (Lipinski definition) is 3. The third kappa shape index (κ3) is 3.51. The molecule has 114 valence electrons. The van der Waals surface area contributed by atoms with E-state index < -0.39 is 12.7 Å². The third-order valence-corrected chi connectivity index (χ3v) is 3.63. The number of rotatable bonds is 5. The predicted octanol–water partition coefficient (Wildman–Crippen LogP) is 3.26. The SMILES string of the molecule is Cc1nn(C)c(CC(O)c2ccccc2OC(F)F)c1Cl. The van der Waals surface area contributed by atoms with Gasteiger partial charge in [0, 0.05) is 19.0 Å². The Morgan fingerprint density at radius 3 is 2.62 bits per heavy atom. The zero-order chi connectivity index (χ0) is 15.6. The largest absolute Gasteiger partial charge is 0.434 e. The van der Waals surface area contributed by atoms with Crippen molar-refractivity contribution in [3.05, 3.63) is 46.2 Å². The lowest BCUT2D eigenvalue weighted by atomic mass is 10.0. The van der Waals surface area contributed by atoms with Gasteiger partial charge in [-0.25, -0.2) is 0 Å². The van der Waals surface area contributed by atoms with E-state index in [0.29, 0.717) is 16.4 Å². The van der Waals surface area contributed by atoms with Crippen LogP contribution in [-0.2, 0) is 13.5 Å². The number of para-hydroxylation sites is 1. The molecule has 0 aliphatic carbocycles. The number of halogens is 3. The summed E-state index contributed by atoms with van der Waals surface area (Å²) in [7, 11) is 1.71. The number of ether oxygens (including phenoxy) is 1. The second-order valence-electron chi connectivity index (χ2n) is 4.61. The normalized spacial score (nSPS) is 12.7. The number of hydrogen-bond donors (Lipinski definition) is 1. The lowest BCUT2D eigenvalue weighted by Gasteiger charge is -2.16. The summed E-state index contributed by atoms with van der Waals surface area (Å²) >= 11 is 6.12. The number of benzene rings is 1. The van der Waals surface area contributed by atoms with Crippen molar-refractivity contribution in [3.63, 3.8) is 0 Å². The smallest absolute Gasteiger partial charge is 0.387 e. The minimum Gasteiger partial charge on any atom is -0.434 e. The van der Waals surface area contributed by atoms with Crippen LogP contribution < -0.4 is 4.74 Å². The molecule has 1 heterocycles. The van der Waals surface area contributed by atoms with Gasteiger partial charge in [-0.15, -0.1) is 0 Å². The quantitative estimate of drug-likeness (QED) is 0.921. The van der Waals surface area contributed by atoms with Crippen molar-refractivity contribution >= 4 is 11.6 Å². The molecular formula is C14H15ClF2N2O2. The molecule has 0 aliphatic heterocycles. The van der Waals surface area contributed by atoms with Gasteiger partial charge in [0.2, 0.25) is 0 Å². The van der Waals surface area contributed by atoms with Gasteiger partial charge in [-0.3, -0.25) is 4.68 Å². The summed E-state index contributed by atoms with van der Waals surface area (Å²) in [6, 6.07) is 6.14. The van der Waals surface area contributed by atoms with Crippen LogP contribution in [0.4, 0.5) is 8.78 Å². The first-order chi connectivity index (χ1) is 9.90. The fourth-order valence-electron chi connectivity index (χ4n) is 2.15. The molecule has 0 saturated carbocycles. The maximum absolute atomic E-state index is 12.4. The van der Waals surface area contributed by atoms with Crippen LogP contribution in [0.2, 0.25) is 5.02 Å². The van der Waals surface area contributed by atoms with Gasteiger partial charge < -0.3 is 9.84 Å². The molecule has 0 fully saturated rings. The molecule has 1 atom stereocenters. The Bertz CT molecular complexity index is 631. The van der Waals surface area contributed by atoms with E-state index in [-0.39, 0.29) is 17.7 Å². The van der Waals surface area contributed by atoms with Crippen molar-refractivity contribution in [3.8, 4) is 5.75 Å². The zero-order valence-electron chi connectivity index (χ0n) is 11.6. The van der Waals surface area contributed by atoms with E-state index in [1.807, 2.05) is 0 Å². The molecule has 0 bridgehead atoms. The van der Waals surface area contributed by atoms with Gasteiger partial charge in [0.1, 0.15) is 5.75 Å². The van der Waals surface area contributed by atoms with Crippen LogP contribution in [0.3, 0.4) is 0 Å². The molecule has 0 aliphatic rings. The van der Waals surface area contributed by atoms with E-state index in [0.717, 1.165) is 0 Å². The van der Waals surface area contributed by atoms with Crippen LogP contribution in [0, 0.1) is 6.92 Å². The highest BCUT2D eigenvalue weighted by Gasteiger charge is 2.20. The molecular weight excluding hydrogens is 302 g/mol. The van der Waals surface area contributed by atoms with Crippen molar-refractivity contribution < 1.29 is 18.6 Å². The zero-order valence-corrected chi connectivity index (χ0v) is 12.3. The summed E-state index contributed by atoms with van der Waals surface area (Å²) in [5.74, 6) is -0.0463. The number of aromatic nitrogens is 2. The van der Waals surface area contributed by atoms with Crippen molar-refractivity contribution in [1.29, 1.82) is 0 Å². The second kappa shape index (κ2) is 6.41. The fourth-order valence-corrected chi connectivity index (χ4v) is 2.39. The maximum atomic E-state index is 12.4. The molecule has 21 heavy (non-hydrogen) atoms. The average Bonchev–Trinajstić information content (AvgIpc) is 2.65. The predicted molar refractivity (Wildman–Crippen MR) is 74.7 cm³/mol. The second-order valence-corrected chi connectivity index (χ2v) is 4.98. The van der Waals surface area contributed by atoms with E-state index in [4.69, 9.17) is 11.6 Å². The van der Waals surface area contributed by atoms with Gasteiger partial charge in [0.25, 0.3) is 0 Å². The van der Waals surface area contributed by atoms with Gasteiger partial charge in [0.05, 0.1) is 22.5 Å². The van der Waals surface area contributed by atoms with Crippen molar-refractivity contribution in [1.82, 2.24) is 9.78 Å². The molecule has 0 amide bonds. The monoisotopic (exact) mass is 316 g/mol. The summed E-state index contributed by atoms with van der Waals surface area (Å²) in [5, 5.41) is 14.9. The Morgan fingerprint density at radius 1 is 1.38 bits per heavy atom. The summed E-state index contributed by atoms with van der Waals surface area (Å²) in [5.41, 5.74) is 1.57. The Hall–Kier alpha value is -1.66. The summed E-state index contributed by atoms with van der Waals surface area (Å²) < 4.78 is 30.8. The Kier molecular flexibility index (Phi) is 4.80. The number of alkyl halides is 2. The third-order valence-electron chi connectivity index (χ3n) is 3.14. The number of aliphatic hydroxyl groups excluding tert-OH is 1. The molecule has 1 unspecified atom stereocenters. The molecule has 2 rings (SSSR count). The van der Waals surface area contributed by atoms with Crippen LogP contribution in [0.25, 0.3) is 0 Å². The number of aryl methyl sites for hydroxylation is 2. The van der Waals surface area contributed by atoms with E-state index >= 15 is 0 Å². The van der Waals surface area contributed by atoms with Crippen molar-refractivity contribution in [2.45, 2.75) is 26.1 Å². The topological polar surface area (TPSA) is 47.3 Å². The van der Waals surface area contributed by atoms with Crippen LogP contribution in [0.5, 0.6) is 5.75 Å². The van der Waals surface area contributed by atoms with Gasteiger partial charge >= 0.3 is 6.61 Å². The highest BCUT2D eigenvalue weighted by atomic mass is 35.5. The standard InChI is InChI=1S/C14H15ClF2N2O2/c1-8-13(15)10(19(2)18-8)7-11(20)9-5-3-4-6-12(9)21-14(16)17/h3-6,11,14,20H,7H2,1-2H3. The lowest BCUT2D eigenvalue weighted by Crippen LogP contribution is -2.10. The highest BCUT2D eigenvalue weighted by Crippen LogP contribution is 2.31. The van der Waals surface area contributed by atoms with E-state index in [1.165, 1.54) is 6.07 Å². The van der Waals surface area contributed by atoms with Gasteiger partial charge in [-0.2, -0.15) is 13.9 Å². The number of nitrogens with zero attached hydrogens (tertiary/aromatic N) is 2. The molecule has 7 heteroatoms. The van der Waals surface area contributed by atoms with Gasteiger partial charge in [0.15, 0.2) is 0 Å². The Labute approximate surface area is 125 Å². The van der Waals surface area contributed by atoms with E-state index in [9.17, 15) is 13.9 Å². The molecule has 2 aromatic rings. The van der Waals surface area contributed by atoms with Gasteiger partial charge in [-0.1, -0.05) is 29.8 Å². The molecule has 4 nitrogen and oxygen atoms in total. The van der Waals surface area contributed by atoms with E-state index in [1.54, 1.807) is 36.9 Å². The summed E-state index contributed by atoms with van der Waals surface area (Å²) in [4.78, 5) is 0.